The maximum absolute atomic E-state index is 13.4. The fourth-order valence-electron chi connectivity index (χ4n) is 1.39. The van der Waals surface area contributed by atoms with Gasteiger partial charge in [-0.25, -0.2) is 8.78 Å². The van der Waals surface area contributed by atoms with Crippen LogP contribution in [0.2, 0.25) is 0 Å². The lowest BCUT2D eigenvalue weighted by molar-refractivity contribution is 0.281. The van der Waals surface area contributed by atoms with Crippen LogP contribution >= 0.6 is 15.9 Å². The van der Waals surface area contributed by atoms with Crippen molar-refractivity contribution >= 4 is 15.9 Å². The molecule has 2 aromatic carbocycles. The van der Waals surface area contributed by atoms with Gasteiger partial charge in [0.2, 0.25) is 5.82 Å². The van der Waals surface area contributed by atoms with Gasteiger partial charge in [0.1, 0.15) is 12.4 Å². The van der Waals surface area contributed by atoms with E-state index in [0.717, 1.165) is 11.6 Å². The molecule has 1 nitrogen and oxygen atoms in total. The molecular formula is C13H8BrF3O. The van der Waals surface area contributed by atoms with Gasteiger partial charge in [-0.1, -0.05) is 30.3 Å². The highest BCUT2D eigenvalue weighted by molar-refractivity contribution is 9.10. The third kappa shape index (κ3) is 2.67. The number of hydrogen-bond acceptors (Lipinski definition) is 1. The maximum atomic E-state index is 13.4. The normalized spacial score (nSPS) is 10.4. The predicted molar refractivity (Wildman–Crippen MR) is 64.8 cm³/mol. The van der Waals surface area contributed by atoms with Crippen LogP contribution in [0.5, 0.6) is 5.75 Å². The molecule has 2 aromatic rings. The molecule has 0 aliphatic carbocycles. The third-order valence-corrected chi connectivity index (χ3v) is 3.03. The topological polar surface area (TPSA) is 9.23 Å². The van der Waals surface area contributed by atoms with Crippen molar-refractivity contribution in [2.24, 2.45) is 0 Å². The SMILES string of the molecule is Fc1cc(OCc2ccccc2)c(F)c(F)c1Br. The molecule has 0 fully saturated rings. The van der Waals surface area contributed by atoms with Crippen molar-refractivity contribution in [1.82, 2.24) is 0 Å². The highest BCUT2D eigenvalue weighted by Gasteiger charge is 2.17. The van der Waals surface area contributed by atoms with Gasteiger partial charge in [-0.15, -0.1) is 0 Å². The molecule has 0 aliphatic rings. The second-order valence-electron chi connectivity index (χ2n) is 3.57. The summed E-state index contributed by atoms with van der Waals surface area (Å²) in [6.07, 6.45) is 0. The Morgan fingerprint density at radius 3 is 2.33 bits per heavy atom. The van der Waals surface area contributed by atoms with Crippen molar-refractivity contribution in [2.75, 3.05) is 0 Å². The fourth-order valence-corrected chi connectivity index (χ4v) is 1.68. The van der Waals surface area contributed by atoms with E-state index >= 15 is 0 Å². The van der Waals surface area contributed by atoms with Crippen LogP contribution in [0, 0.1) is 17.5 Å². The molecule has 0 atom stereocenters. The third-order valence-electron chi connectivity index (χ3n) is 2.31. The largest absolute Gasteiger partial charge is 0.486 e. The highest BCUT2D eigenvalue weighted by atomic mass is 79.9. The van der Waals surface area contributed by atoms with E-state index in [-0.39, 0.29) is 6.61 Å². The Morgan fingerprint density at radius 1 is 1.00 bits per heavy atom. The Hall–Kier alpha value is -1.49. The lowest BCUT2D eigenvalue weighted by Crippen LogP contribution is -2.01. The van der Waals surface area contributed by atoms with E-state index in [1.54, 1.807) is 24.3 Å². The van der Waals surface area contributed by atoms with Crippen LogP contribution in [-0.2, 0) is 6.61 Å². The zero-order valence-corrected chi connectivity index (χ0v) is 10.7. The van der Waals surface area contributed by atoms with Gasteiger partial charge in [-0.2, -0.15) is 4.39 Å². The number of hydrogen-bond donors (Lipinski definition) is 0. The summed E-state index contributed by atoms with van der Waals surface area (Å²) in [5.74, 6) is -3.86. The van der Waals surface area contributed by atoms with Gasteiger partial charge in [0.25, 0.3) is 0 Å². The van der Waals surface area contributed by atoms with Gasteiger partial charge in [-0.3, -0.25) is 0 Å². The van der Waals surface area contributed by atoms with Gasteiger partial charge < -0.3 is 4.74 Å². The molecule has 0 unspecified atom stereocenters. The number of benzene rings is 2. The molecule has 18 heavy (non-hydrogen) atoms. The molecule has 0 aromatic heterocycles. The molecule has 0 spiro atoms. The van der Waals surface area contributed by atoms with Gasteiger partial charge in [0.15, 0.2) is 11.6 Å². The Kier molecular flexibility index (Phi) is 3.91. The summed E-state index contributed by atoms with van der Waals surface area (Å²) in [7, 11) is 0. The first kappa shape index (κ1) is 13.0. The average Bonchev–Trinajstić information content (AvgIpc) is 2.40. The van der Waals surface area contributed by atoms with Crippen molar-refractivity contribution in [3.63, 3.8) is 0 Å². The van der Waals surface area contributed by atoms with Crippen LogP contribution in [0.25, 0.3) is 0 Å². The molecule has 0 radical (unpaired) electrons. The maximum Gasteiger partial charge on any atom is 0.202 e. The molecule has 0 saturated carbocycles. The Bertz CT molecular complexity index is 558. The quantitative estimate of drug-likeness (QED) is 0.600. The van der Waals surface area contributed by atoms with E-state index < -0.39 is 27.7 Å². The molecular weight excluding hydrogens is 309 g/mol. The van der Waals surface area contributed by atoms with E-state index in [2.05, 4.69) is 15.9 Å². The zero-order chi connectivity index (χ0) is 13.1. The summed E-state index contributed by atoms with van der Waals surface area (Å²) < 4.78 is 44.4. The molecule has 0 heterocycles. The standard InChI is InChI=1S/C13H8BrF3O/c14-11-9(15)6-10(12(16)13(11)17)18-7-8-4-2-1-3-5-8/h1-6H,7H2. The van der Waals surface area contributed by atoms with Gasteiger partial charge in [0.05, 0.1) is 4.47 Å². The second kappa shape index (κ2) is 5.44. The van der Waals surface area contributed by atoms with Crippen molar-refractivity contribution in [3.8, 4) is 5.75 Å². The number of halogens is 4. The summed E-state index contributed by atoms with van der Waals surface area (Å²) in [6.45, 7) is 0.0400. The first-order chi connectivity index (χ1) is 8.59. The minimum atomic E-state index is -1.29. The molecule has 2 rings (SSSR count). The van der Waals surface area contributed by atoms with Crippen LogP contribution in [0.3, 0.4) is 0 Å². The van der Waals surface area contributed by atoms with Crippen LogP contribution in [0.15, 0.2) is 40.9 Å². The highest BCUT2D eigenvalue weighted by Crippen LogP contribution is 2.29. The lowest BCUT2D eigenvalue weighted by atomic mass is 10.2. The lowest BCUT2D eigenvalue weighted by Gasteiger charge is -2.09. The van der Waals surface area contributed by atoms with Crippen LogP contribution in [-0.4, -0.2) is 0 Å². The molecule has 5 heteroatoms. The predicted octanol–water partition coefficient (Wildman–Crippen LogP) is 4.45. The van der Waals surface area contributed by atoms with Crippen molar-refractivity contribution in [3.05, 3.63) is 63.9 Å². The fraction of sp³-hybridized carbons (Fsp3) is 0.0769. The summed E-state index contributed by atoms with van der Waals surface area (Å²) in [4.78, 5) is 0. The van der Waals surface area contributed by atoms with Crippen LogP contribution < -0.4 is 4.74 Å². The second-order valence-corrected chi connectivity index (χ2v) is 4.37. The molecule has 0 bridgehead atoms. The smallest absolute Gasteiger partial charge is 0.202 e. The minimum absolute atomic E-state index is 0.0400. The van der Waals surface area contributed by atoms with E-state index in [1.165, 1.54) is 0 Å². The van der Waals surface area contributed by atoms with Crippen molar-refractivity contribution in [1.29, 1.82) is 0 Å². The Morgan fingerprint density at radius 2 is 1.67 bits per heavy atom. The molecule has 0 N–H and O–H groups in total. The average molecular weight is 317 g/mol. The molecule has 0 aliphatic heterocycles. The van der Waals surface area contributed by atoms with Gasteiger partial charge in [-0.05, 0) is 21.5 Å². The summed E-state index contributed by atoms with van der Waals surface area (Å²) in [6, 6.07) is 9.75. The molecule has 0 saturated heterocycles. The number of ether oxygens (including phenoxy) is 1. The molecule has 94 valence electrons. The minimum Gasteiger partial charge on any atom is -0.486 e. The van der Waals surface area contributed by atoms with Crippen LogP contribution in [0.1, 0.15) is 5.56 Å². The Labute approximate surface area is 110 Å². The zero-order valence-electron chi connectivity index (χ0n) is 9.09. The number of rotatable bonds is 3. The van der Waals surface area contributed by atoms with Crippen molar-refractivity contribution in [2.45, 2.75) is 6.61 Å². The van der Waals surface area contributed by atoms with Gasteiger partial charge >= 0.3 is 0 Å². The van der Waals surface area contributed by atoms with Gasteiger partial charge in [0, 0.05) is 6.07 Å². The molecule has 0 amide bonds. The first-order valence-electron chi connectivity index (χ1n) is 5.09. The van der Waals surface area contributed by atoms with E-state index in [0.29, 0.717) is 0 Å². The summed E-state index contributed by atoms with van der Waals surface area (Å²) in [5.41, 5.74) is 0.778. The van der Waals surface area contributed by atoms with Crippen molar-refractivity contribution < 1.29 is 17.9 Å². The van der Waals surface area contributed by atoms with E-state index in [1.807, 2.05) is 6.07 Å². The Balaban J connectivity index is 2.20. The summed E-state index contributed by atoms with van der Waals surface area (Å²) in [5, 5.41) is 0. The first-order valence-corrected chi connectivity index (χ1v) is 5.88. The van der Waals surface area contributed by atoms with E-state index in [4.69, 9.17) is 4.74 Å². The van der Waals surface area contributed by atoms with Crippen LogP contribution in [0.4, 0.5) is 13.2 Å². The van der Waals surface area contributed by atoms with E-state index in [9.17, 15) is 13.2 Å². The summed E-state index contributed by atoms with van der Waals surface area (Å²) >= 11 is 2.61. The monoisotopic (exact) mass is 316 g/mol.